The fourth-order valence-corrected chi connectivity index (χ4v) is 1.47. The van der Waals surface area contributed by atoms with Crippen molar-refractivity contribution in [3.63, 3.8) is 0 Å². The van der Waals surface area contributed by atoms with Crippen molar-refractivity contribution in [2.75, 3.05) is 0 Å². The predicted molar refractivity (Wildman–Crippen MR) is 37.3 cm³/mol. The zero-order valence-electron chi connectivity index (χ0n) is 5.13. The van der Waals surface area contributed by atoms with Crippen molar-refractivity contribution in [3.05, 3.63) is 11.1 Å². The zero-order valence-corrected chi connectivity index (χ0v) is 6.76. The molecule has 0 bridgehead atoms. The van der Waals surface area contributed by atoms with Gasteiger partial charge in [-0.3, -0.25) is 0 Å². The summed E-state index contributed by atoms with van der Waals surface area (Å²) >= 11 is 0.903. The largest absolute Gasteiger partial charge is 0.442 e. The molecule has 1 aromatic rings. The van der Waals surface area contributed by atoms with Crippen LogP contribution >= 0.6 is 23.3 Å². The second-order valence-electron chi connectivity index (χ2n) is 1.62. The third-order valence-corrected chi connectivity index (χ3v) is 2.41. The van der Waals surface area contributed by atoms with Crippen molar-refractivity contribution < 1.29 is 13.2 Å². The Kier molecular flexibility index (Phi) is 2.72. The van der Waals surface area contributed by atoms with Gasteiger partial charge in [-0.1, -0.05) is 4.49 Å². The summed E-state index contributed by atoms with van der Waals surface area (Å²) in [6.07, 6.45) is 1.34. The van der Waals surface area contributed by atoms with E-state index in [0.29, 0.717) is 4.88 Å². The SMILES string of the molecule is FC(F)(F)SCc1cnns1. The molecule has 7 heteroatoms. The number of thioether (sulfide) groups is 1. The highest BCUT2D eigenvalue weighted by Gasteiger charge is 2.28. The zero-order chi connectivity index (χ0) is 8.32. The minimum absolute atomic E-state index is 0.0783. The first-order valence-corrected chi connectivity index (χ1v) is 4.31. The van der Waals surface area contributed by atoms with Gasteiger partial charge in [0.1, 0.15) is 0 Å². The van der Waals surface area contributed by atoms with Crippen LogP contribution in [-0.4, -0.2) is 15.1 Å². The van der Waals surface area contributed by atoms with Crippen LogP contribution in [0.5, 0.6) is 0 Å². The van der Waals surface area contributed by atoms with Crippen LogP contribution in [0.3, 0.4) is 0 Å². The van der Waals surface area contributed by atoms with Crippen molar-refractivity contribution in [3.8, 4) is 0 Å². The Balaban J connectivity index is 2.35. The highest BCUT2D eigenvalue weighted by molar-refractivity contribution is 7.99. The summed E-state index contributed by atoms with van der Waals surface area (Å²) in [5.74, 6) is -0.0961. The maximum atomic E-state index is 11.6. The van der Waals surface area contributed by atoms with E-state index in [1.54, 1.807) is 0 Å². The Morgan fingerprint density at radius 3 is 2.73 bits per heavy atom. The molecule has 0 N–H and O–H groups in total. The van der Waals surface area contributed by atoms with Crippen LogP contribution in [0.2, 0.25) is 0 Å². The van der Waals surface area contributed by atoms with Gasteiger partial charge in [-0.15, -0.1) is 5.10 Å². The van der Waals surface area contributed by atoms with Crippen molar-refractivity contribution >= 4 is 23.3 Å². The Hall–Kier alpha value is -0.300. The molecule has 0 fully saturated rings. The first kappa shape index (κ1) is 8.79. The molecule has 1 aromatic heterocycles. The lowest BCUT2D eigenvalue weighted by Crippen LogP contribution is -1.99. The predicted octanol–water partition coefficient (Wildman–Crippen LogP) is 2.29. The Morgan fingerprint density at radius 2 is 2.27 bits per heavy atom. The number of rotatable bonds is 2. The van der Waals surface area contributed by atoms with Gasteiger partial charge >= 0.3 is 5.51 Å². The highest BCUT2D eigenvalue weighted by atomic mass is 32.2. The molecule has 0 atom stereocenters. The van der Waals surface area contributed by atoms with E-state index in [4.69, 9.17) is 0 Å². The van der Waals surface area contributed by atoms with Gasteiger partial charge in [0.2, 0.25) is 0 Å². The minimum atomic E-state index is -4.16. The quantitative estimate of drug-likeness (QED) is 0.732. The fraction of sp³-hybridized carbons (Fsp3) is 0.500. The van der Waals surface area contributed by atoms with Crippen molar-refractivity contribution in [1.29, 1.82) is 0 Å². The molecule has 0 radical (unpaired) electrons. The summed E-state index contributed by atoms with van der Waals surface area (Å²) in [4.78, 5) is 0.535. The Bertz CT molecular complexity index is 208. The summed E-state index contributed by atoms with van der Waals surface area (Å²) < 4.78 is 38.2. The Morgan fingerprint density at radius 1 is 1.55 bits per heavy atom. The normalized spacial score (nSPS) is 11.9. The molecule has 0 aliphatic carbocycles. The molecule has 0 aliphatic heterocycles. The molecular formula is C4H3F3N2S2. The van der Waals surface area contributed by atoms with Crippen molar-refractivity contribution in [1.82, 2.24) is 9.59 Å². The summed E-state index contributed by atoms with van der Waals surface area (Å²) in [7, 11) is 0. The number of nitrogens with zero attached hydrogens (tertiary/aromatic N) is 2. The van der Waals surface area contributed by atoms with Gasteiger partial charge < -0.3 is 0 Å². The fourth-order valence-electron chi connectivity index (χ4n) is 0.404. The second kappa shape index (κ2) is 3.40. The van der Waals surface area contributed by atoms with Crippen molar-refractivity contribution in [2.45, 2.75) is 11.3 Å². The van der Waals surface area contributed by atoms with Gasteiger partial charge in [0, 0.05) is 5.75 Å². The number of aromatic nitrogens is 2. The maximum absolute atomic E-state index is 11.6. The maximum Gasteiger partial charge on any atom is 0.442 e. The van der Waals surface area contributed by atoms with Crippen molar-refractivity contribution in [2.24, 2.45) is 0 Å². The Labute approximate surface area is 69.0 Å². The van der Waals surface area contributed by atoms with Crippen LogP contribution in [0.15, 0.2) is 6.20 Å². The first-order valence-electron chi connectivity index (χ1n) is 2.55. The summed E-state index contributed by atoms with van der Waals surface area (Å²) in [5, 5.41) is 3.41. The highest BCUT2D eigenvalue weighted by Crippen LogP contribution is 2.33. The van der Waals surface area contributed by atoms with Gasteiger partial charge in [0.15, 0.2) is 0 Å². The van der Waals surface area contributed by atoms with E-state index in [-0.39, 0.29) is 17.5 Å². The smallest absolute Gasteiger partial charge is 0.160 e. The lowest BCUT2D eigenvalue weighted by atomic mass is 10.6. The molecule has 0 amide bonds. The third kappa shape index (κ3) is 3.57. The van der Waals surface area contributed by atoms with E-state index in [0.717, 1.165) is 11.5 Å². The molecule has 1 heterocycles. The van der Waals surface area contributed by atoms with Gasteiger partial charge in [-0.25, -0.2) is 0 Å². The van der Waals surface area contributed by atoms with E-state index in [2.05, 4.69) is 9.59 Å². The molecule has 0 spiro atoms. The molecule has 0 saturated heterocycles. The summed E-state index contributed by atoms with van der Waals surface area (Å²) in [6, 6.07) is 0. The molecule has 0 unspecified atom stereocenters. The van der Waals surface area contributed by atoms with Crippen LogP contribution in [0.25, 0.3) is 0 Å². The van der Waals surface area contributed by atoms with Crippen LogP contribution in [0.1, 0.15) is 4.88 Å². The average molecular weight is 200 g/mol. The van der Waals surface area contributed by atoms with E-state index >= 15 is 0 Å². The van der Waals surface area contributed by atoms with E-state index in [1.165, 1.54) is 6.20 Å². The molecule has 11 heavy (non-hydrogen) atoms. The first-order chi connectivity index (χ1) is 5.08. The van der Waals surface area contributed by atoms with Crippen LogP contribution < -0.4 is 0 Å². The molecular weight excluding hydrogens is 197 g/mol. The van der Waals surface area contributed by atoms with Crippen LogP contribution in [0, 0.1) is 0 Å². The van der Waals surface area contributed by atoms with Crippen LogP contribution in [-0.2, 0) is 5.75 Å². The van der Waals surface area contributed by atoms with E-state index < -0.39 is 5.51 Å². The molecule has 0 saturated carbocycles. The lowest BCUT2D eigenvalue weighted by Gasteiger charge is -2.01. The van der Waals surface area contributed by atoms with Gasteiger partial charge in [0.05, 0.1) is 11.1 Å². The monoisotopic (exact) mass is 200 g/mol. The minimum Gasteiger partial charge on any atom is -0.160 e. The second-order valence-corrected chi connectivity index (χ2v) is 3.53. The standard InChI is InChI=1S/C4H3F3N2S2/c5-4(6,7)10-2-3-1-8-9-11-3/h1H,2H2. The van der Waals surface area contributed by atoms with E-state index in [9.17, 15) is 13.2 Å². The average Bonchev–Trinajstić information content (AvgIpc) is 2.32. The summed E-state index contributed by atoms with van der Waals surface area (Å²) in [5.41, 5.74) is -4.16. The number of alkyl halides is 3. The lowest BCUT2D eigenvalue weighted by molar-refractivity contribution is -0.0329. The van der Waals surface area contributed by atoms with E-state index in [1.807, 2.05) is 0 Å². The molecule has 1 rings (SSSR count). The number of hydrogen-bond donors (Lipinski definition) is 0. The molecule has 62 valence electrons. The van der Waals surface area contributed by atoms with Gasteiger partial charge in [0.25, 0.3) is 0 Å². The summed E-state index contributed by atoms with van der Waals surface area (Å²) in [6.45, 7) is 0. The van der Waals surface area contributed by atoms with Gasteiger partial charge in [-0.2, -0.15) is 13.2 Å². The van der Waals surface area contributed by atoms with Gasteiger partial charge in [-0.05, 0) is 23.3 Å². The molecule has 0 aliphatic rings. The molecule has 0 aromatic carbocycles. The molecule has 2 nitrogen and oxygen atoms in total. The van der Waals surface area contributed by atoms with Crippen LogP contribution in [0.4, 0.5) is 13.2 Å². The number of halogens is 3. The third-order valence-electron chi connectivity index (χ3n) is 0.785. The number of hydrogen-bond acceptors (Lipinski definition) is 4. The topological polar surface area (TPSA) is 25.8 Å².